The first-order valence-corrected chi connectivity index (χ1v) is 7.25. The Morgan fingerprint density at radius 2 is 1.89 bits per heavy atom. The number of carbonyl (C=O) groups excluding carboxylic acids is 1. The van der Waals surface area contributed by atoms with Gasteiger partial charge in [0, 0.05) is 13.0 Å². The molecule has 0 saturated carbocycles. The van der Waals surface area contributed by atoms with E-state index in [1.807, 2.05) is 23.8 Å². The molecule has 0 spiro atoms. The molecule has 0 heterocycles. The van der Waals surface area contributed by atoms with Crippen LogP contribution >= 0.6 is 0 Å². The molecule has 1 rings (SSSR count). The molecule has 0 atom stereocenters. The third-order valence-electron chi connectivity index (χ3n) is 2.53. The predicted octanol–water partition coefficient (Wildman–Crippen LogP) is 1.59. The van der Waals surface area contributed by atoms with E-state index in [0.29, 0.717) is 5.69 Å². The normalized spacial score (nSPS) is 11.1. The summed E-state index contributed by atoms with van der Waals surface area (Å²) in [5.74, 6) is -0.512. The Kier molecular flexibility index (Phi) is 4.72. The summed E-state index contributed by atoms with van der Waals surface area (Å²) in [6, 6.07) is 7.15. The Bertz CT molecular complexity index is 526. The van der Waals surface area contributed by atoms with Crippen molar-refractivity contribution in [1.29, 1.82) is 0 Å². The maximum absolute atomic E-state index is 12.1. The average Bonchev–Trinajstić information content (AvgIpc) is 2.31. The number of anilines is 1. The summed E-state index contributed by atoms with van der Waals surface area (Å²) in [5.41, 5.74) is 1.42. The predicted molar refractivity (Wildman–Crippen MR) is 71.6 cm³/mol. The Hall–Kier alpha value is -1.56. The topological polar surface area (TPSA) is 66.5 Å². The van der Waals surface area contributed by atoms with Gasteiger partial charge in [0.1, 0.15) is 0 Å². The largest absolute Gasteiger partial charge is 0.326 e. The zero-order valence-electron chi connectivity index (χ0n) is 10.8. The number of hydrogen-bond acceptors (Lipinski definition) is 3. The number of hydrogen-bond donors (Lipinski definition) is 1. The number of rotatable bonds is 5. The average molecular weight is 270 g/mol. The molecule has 18 heavy (non-hydrogen) atoms. The minimum atomic E-state index is -3.83. The minimum Gasteiger partial charge on any atom is -0.274 e. The van der Waals surface area contributed by atoms with E-state index in [2.05, 4.69) is 0 Å². The van der Waals surface area contributed by atoms with Gasteiger partial charge in [0.2, 0.25) is 5.91 Å². The van der Waals surface area contributed by atoms with Gasteiger partial charge in [0.05, 0.1) is 5.69 Å². The van der Waals surface area contributed by atoms with Crippen LogP contribution in [-0.2, 0) is 15.0 Å². The van der Waals surface area contributed by atoms with Gasteiger partial charge in [-0.3, -0.25) is 9.10 Å². The summed E-state index contributed by atoms with van der Waals surface area (Å²) < 4.78 is 27.4. The zero-order valence-corrected chi connectivity index (χ0v) is 11.6. The third kappa shape index (κ3) is 3.22. The van der Waals surface area contributed by atoms with Crippen molar-refractivity contribution in [3.05, 3.63) is 29.8 Å². The van der Waals surface area contributed by atoms with E-state index in [1.54, 1.807) is 26.0 Å². The lowest BCUT2D eigenvalue weighted by Crippen LogP contribution is -2.43. The molecule has 0 fully saturated rings. The summed E-state index contributed by atoms with van der Waals surface area (Å²) >= 11 is 0. The van der Waals surface area contributed by atoms with Gasteiger partial charge < -0.3 is 0 Å². The fraction of sp³-hybridized carbons (Fsp3) is 0.417. The van der Waals surface area contributed by atoms with Crippen LogP contribution in [0.4, 0.5) is 5.69 Å². The van der Waals surface area contributed by atoms with Crippen molar-refractivity contribution in [3.63, 3.8) is 0 Å². The molecule has 0 aliphatic heterocycles. The van der Waals surface area contributed by atoms with Crippen LogP contribution in [0.2, 0.25) is 0 Å². The summed E-state index contributed by atoms with van der Waals surface area (Å²) in [7, 11) is -3.83. The molecule has 1 amide bonds. The minimum absolute atomic E-state index is 0.130. The Morgan fingerprint density at radius 1 is 1.28 bits per heavy atom. The van der Waals surface area contributed by atoms with Crippen LogP contribution in [0.3, 0.4) is 0 Å². The van der Waals surface area contributed by atoms with E-state index in [9.17, 15) is 13.2 Å². The maximum Gasteiger partial charge on any atom is 0.326 e. The van der Waals surface area contributed by atoms with E-state index in [4.69, 9.17) is 0 Å². The van der Waals surface area contributed by atoms with Crippen molar-refractivity contribution in [1.82, 2.24) is 4.72 Å². The molecule has 0 bridgehead atoms. The highest BCUT2D eigenvalue weighted by atomic mass is 32.2. The lowest BCUT2D eigenvalue weighted by atomic mass is 10.2. The highest BCUT2D eigenvalue weighted by Gasteiger charge is 2.23. The standard InChI is InChI=1S/C12H18N2O3S/c1-4-12(15)13-18(16,17)14(5-2)11-9-7-6-8-10(11)3/h6-9H,4-5H2,1-3H3,(H,13,15). The molecular formula is C12H18N2O3S. The van der Waals surface area contributed by atoms with Crippen LogP contribution in [0.1, 0.15) is 25.8 Å². The van der Waals surface area contributed by atoms with Crippen molar-refractivity contribution in [2.24, 2.45) is 0 Å². The van der Waals surface area contributed by atoms with E-state index >= 15 is 0 Å². The van der Waals surface area contributed by atoms with Gasteiger partial charge in [-0.25, -0.2) is 4.72 Å². The molecule has 1 aromatic rings. The second-order valence-electron chi connectivity index (χ2n) is 3.84. The van der Waals surface area contributed by atoms with E-state index < -0.39 is 16.1 Å². The smallest absolute Gasteiger partial charge is 0.274 e. The Balaban J connectivity index is 3.11. The SMILES string of the molecule is CCC(=O)NS(=O)(=O)N(CC)c1ccccc1C. The second-order valence-corrected chi connectivity index (χ2v) is 5.43. The monoisotopic (exact) mass is 270 g/mol. The lowest BCUT2D eigenvalue weighted by molar-refractivity contribution is -0.119. The fourth-order valence-electron chi connectivity index (χ4n) is 1.58. The number of amides is 1. The molecule has 0 aliphatic carbocycles. The highest BCUT2D eigenvalue weighted by molar-refractivity contribution is 7.91. The van der Waals surface area contributed by atoms with Gasteiger partial charge in [-0.2, -0.15) is 8.42 Å². The first-order valence-electron chi connectivity index (χ1n) is 5.81. The number of carbonyl (C=O) groups is 1. The molecule has 1 aromatic carbocycles. The van der Waals surface area contributed by atoms with Crippen molar-refractivity contribution < 1.29 is 13.2 Å². The summed E-state index contributed by atoms with van der Waals surface area (Å²) in [6.07, 6.45) is 0.130. The van der Waals surface area contributed by atoms with Crippen LogP contribution in [0.25, 0.3) is 0 Å². The molecule has 0 unspecified atom stereocenters. The Morgan fingerprint density at radius 3 is 2.39 bits per heavy atom. The number of nitrogens with zero attached hydrogens (tertiary/aromatic N) is 1. The molecule has 1 N–H and O–H groups in total. The number of benzene rings is 1. The van der Waals surface area contributed by atoms with Gasteiger partial charge in [0.15, 0.2) is 0 Å². The van der Waals surface area contributed by atoms with Crippen molar-refractivity contribution >= 4 is 21.8 Å². The van der Waals surface area contributed by atoms with Crippen LogP contribution in [0.15, 0.2) is 24.3 Å². The summed E-state index contributed by atoms with van der Waals surface area (Å²) in [4.78, 5) is 11.2. The van der Waals surface area contributed by atoms with Crippen LogP contribution in [0.5, 0.6) is 0 Å². The van der Waals surface area contributed by atoms with E-state index in [-0.39, 0.29) is 13.0 Å². The lowest BCUT2D eigenvalue weighted by Gasteiger charge is -2.24. The van der Waals surface area contributed by atoms with E-state index in [1.165, 1.54) is 4.31 Å². The molecule has 0 saturated heterocycles. The first-order chi connectivity index (χ1) is 8.42. The quantitative estimate of drug-likeness (QED) is 0.883. The number of aryl methyl sites for hydroxylation is 1. The van der Waals surface area contributed by atoms with Gasteiger partial charge in [0.25, 0.3) is 0 Å². The van der Waals surface area contributed by atoms with Crippen LogP contribution < -0.4 is 9.03 Å². The first kappa shape index (κ1) is 14.5. The molecule has 0 aliphatic rings. The molecule has 0 radical (unpaired) electrons. The van der Waals surface area contributed by atoms with Crippen molar-refractivity contribution in [2.45, 2.75) is 27.2 Å². The number of nitrogens with one attached hydrogen (secondary N) is 1. The van der Waals surface area contributed by atoms with Gasteiger partial charge in [-0.15, -0.1) is 0 Å². The second kappa shape index (κ2) is 5.86. The number of para-hydroxylation sites is 1. The molecule has 0 aromatic heterocycles. The van der Waals surface area contributed by atoms with Crippen LogP contribution in [-0.4, -0.2) is 20.9 Å². The summed E-state index contributed by atoms with van der Waals surface area (Å²) in [6.45, 7) is 5.42. The maximum atomic E-state index is 12.1. The molecule has 100 valence electrons. The van der Waals surface area contributed by atoms with Gasteiger partial charge in [-0.1, -0.05) is 25.1 Å². The third-order valence-corrected chi connectivity index (χ3v) is 4.05. The Labute approximate surface area is 108 Å². The van der Waals surface area contributed by atoms with Crippen molar-refractivity contribution in [2.75, 3.05) is 10.8 Å². The molecule has 6 heteroatoms. The van der Waals surface area contributed by atoms with Crippen molar-refractivity contribution in [3.8, 4) is 0 Å². The fourth-order valence-corrected chi connectivity index (χ4v) is 2.93. The zero-order chi connectivity index (χ0) is 13.8. The summed E-state index contributed by atoms with van der Waals surface area (Å²) in [5, 5.41) is 0. The van der Waals surface area contributed by atoms with E-state index in [0.717, 1.165) is 5.56 Å². The van der Waals surface area contributed by atoms with Crippen LogP contribution in [0, 0.1) is 6.92 Å². The van der Waals surface area contributed by atoms with Gasteiger partial charge >= 0.3 is 10.2 Å². The molecule has 5 nitrogen and oxygen atoms in total. The highest BCUT2D eigenvalue weighted by Crippen LogP contribution is 2.21. The van der Waals surface area contributed by atoms with Gasteiger partial charge in [-0.05, 0) is 25.5 Å². The molecular weight excluding hydrogens is 252 g/mol.